The van der Waals surface area contributed by atoms with Gasteiger partial charge in [0.15, 0.2) is 12.4 Å². The Kier molecular flexibility index (Phi) is 10.6. The van der Waals surface area contributed by atoms with Gasteiger partial charge >= 0.3 is 0 Å². The Balaban J connectivity index is 0.00000261. The number of pyridine rings is 1. The zero-order valence-electron chi connectivity index (χ0n) is 17.8. The van der Waals surface area contributed by atoms with E-state index in [9.17, 15) is 0 Å². The molecule has 2 aliphatic rings. The van der Waals surface area contributed by atoms with Crippen LogP contribution in [0.4, 0.5) is 0 Å². The van der Waals surface area contributed by atoms with Crippen LogP contribution in [0.15, 0.2) is 18.5 Å². The van der Waals surface area contributed by atoms with Gasteiger partial charge in [-0.15, -0.1) is 0 Å². The van der Waals surface area contributed by atoms with Crippen molar-refractivity contribution in [1.82, 2.24) is 4.90 Å². The van der Waals surface area contributed by atoms with E-state index in [1.54, 1.807) is 11.1 Å². The van der Waals surface area contributed by atoms with E-state index in [4.69, 9.17) is 0 Å². The minimum absolute atomic E-state index is 0. The minimum atomic E-state index is 0. The van der Waals surface area contributed by atoms with Crippen molar-refractivity contribution in [2.75, 3.05) is 13.6 Å². The summed E-state index contributed by atoms with van der Waals surface area (Å²) in [6.45, 7) is 4.78. The first kappa shape index (κ1) is 23.1. The van der Waals surface area contributed by atoms with Gasteiger partial charge in [-0.1, -0.05) is 58.3 Å². The second-order valence-corrected chi connectivity index (χ2v) is 8.86. The Morgan fingerprint density at radius 2 is 1.63 bits per heavy atom. The van der Waals surface area contributed by atoms with Gasteiger partial charge in [-0.25, -0.2) is 4.57 Å². The first-order chi connectivity index (χ1) is 12.8. The quantitative estimate of drug-likeness (QED) is 0.266. The van der Waals surface area contributed by atoms with Gasteiger partial charge < -0.3 is 24.0 Å². The molecule has 0 amide bonds. The van der Waals surface area contributed by atoms with Crippen LogP contribution in [0.25, 0.3) is 0 Å². The van der Waals surface area contributed by atoms with Crippen molar-refractivity contribution in [3.05, 3.63) is 29.6 Å². The van der Waals surface area contributed by atoms with Crippen LogP contribution in [0.3, 0.4) is 0 Å². The molecule has 27 heavy (non-hydrogen) atoms. The highest BCUT2D eigenvalue weighted by Crippen LogP contribution is 2.43. The molecule has 0 spiro atoms. The number of fused-ring (bicyclic) bond motifs is 3. The lowest BCUT2D eigenvalue weighted by atomic mass is 9.81. The summed E-state index contributed by atoms with van der Waals surface area (Å²) in [5, 5.41) is 0. The molecule has 0 bridgehead atoms. The Hall–Kier alpha value is -0.160. The summed E-state index contributed by atoms with van der Waals surface area (Å²) in [6.07, 6.45) is 23.1. The Bertz CT molecular complexity index is 545. The maximum absolute atomic E-state index is 2.59. The second-order valence-electron chi connectivity index (χ2n) is 8.86. The van der Waals surface area contributed by atoms with Crippen molar-refractivity contribution in [1.29, 1.82) is 0 Å². The third kappa shape index (κ3) is 6.69. The van der Waals surface area contributed by atoms with Crippen LogP contribution in [-0.4, -0.2) is 18.5 Å². The predicted octanol–water partition coefficient (Wildman–Crippen LogP) is 2.84. The lowest BCUT2D eigenvalue weighted by Gasteiger charge is -2.30. The van der Waals surface area contributed by atoms with Crippen molar-refractivity contribution in [3.8, 4) is 0 Å². The van der Waals surface area contributed by atoms with E-state index in [2.05, 4.69) is 41.9 Å². The summed E-state index contributed by atoms with van der Waals surface area (Å²) < 4.78 is 2.47. The summed E-state index contributed by atoms with van der Waals surface area (Å²) in [5.41, 5.74) is 3.25. The van der Waals surface area contributed by atoms with Crippen LogP contribution in [0.1, 0.15) is 101 Å². The Morgan fingerprint density at radius 3 is 2.33 bits per heavy atom. The molecule has 154 valence electrons. The largest absolute Gasteiger partial charge is 1.00 e. The number of hydrogen-bond donors (Lipinski definition) is 0. The SMILES string of the molecule is CCCCCCCCCCCC[n+]1ccc2c(c1)[C@H]1[C@@H](CC2)CCN1C.[I-]. The number of nitrogens with zero attached hydrogens (tertiary/aromatic N) is 2. The molecule has 2 atom stereocenters. The van der Waals surface area contributed by atoms with E-state index in [-0.39, 0.29) is 24.0 Å². The van der Waals surface area contributed by atoms with Gasteiger partial charge in [0.05, 0.1) is 0 Å². The molecule has 3 heteroatoms. The molecule has 1 aromatic rings. The summed E-state index contributed by atoms with van der Waals surface area (Å²) in [4.78, 5) is 2.59. The number of halogens is 1. The van der Waals surface area contributed by atoms with Gasteiger partial charge in [0.25, 0.3) is 0 Å². The van der Waals surface area contributed by atoms with Crippen molar-refractivity contribution in [3.63, 3.8) is 0 Å². The molecule has 1 aliphatic heterocycles. The van der Waals surface area contributed by atoms with Crippen molar-refractivity contribution >= 4 is 0 Å². The van der Waals surface area contributed by atoms with Crippen LogP contribution < -0.4 is 28.5 Å². The molecule has 1 fully saturated rings. The first-order valence-electron chi connectivity index (χ1n) is 11.5. The maximum Gasteiger partial charge on any atom is 0.173 e. The fourth-order valence-corrected chi connectivity index (χ4v) is 5.16. The fraction of sp³-hybridized carbons (Fsp3) is 0.792. The highest BCUT2D eigenvalue weighted by Gasteiger charge is 2.38. The van der Waals surface area contributed by atoms with Gasteiger partial charge in [0, 0.05) is 24.1 Å². The standard InChI is InChI=1S/C24H41N2.HI/c1-3-4-5-6-7-8-9-10-11-12-17-26-19-16-21-13-14-22-15-18-25(2)24(22)23(21)20-26;/h16,19-20,22,24H,3-15,17-18H2,1-2H3;1H/q+1;/p-1/t22-,24+;/m0./s1. The predicted molar refractivity (Wildman–Crippen MR) is 110 cm³/mol. The molecule has 2 heterocycles. The Morgan fingerprint density at radius 1 is 0.963 bits per heavy atom. The van der Waals surface area contributed by atoms with Crippen molar-refractivity contribution in [2.24, 2.45) is 5.92 Å². The summed E-state index contributed by atoms with van der Waals surface area (Å²) in [7, 11) is 2.32. The minimum Gasteiger partial charge on any atom is -1.00 e. The molecule has 0 saturated carbocycles. The zero-order valence-corrected chi connectivity index (χ0v) is 19.9. The molecule has 0 N–H and O–H groups in total. The number of hydrogen-bond acceptors (Lipinski definition) is 1. The van der Waals surface area contributed by atoms with Crippen LogP contribution in [0.5, 0.6) is 0 Å². The lowest BCUT2D eigenvalue weighted by molar-refractivity contribution is -0.698. The van der Waals surface area contributed by atoms with Gasteiger partial charge in [0.1, 0.15) is 6.54 Å². The summed E-state index contributed by atoms with van der Waals surface area (Å²) in [6, 6.07) is 3.10. The molecule has 1 aromatic heterocycles. The zero-order chi connectivity index (χ0) is 18.2. The third-order valence-electron chi connectivity index (χ3n) is 6.79. The van der Waals surface area contributed by atoms with E-state index in [0.717, 1.165) is 5.92 Å². The average Bonchev–Trinajstić information content (AvgIpc) is 3.04. The smallest absolute Gasteiger partial charge is 0.173 e. The average molecular weight is 485 g/mol. The lowest BCUT2D eigenvalue weighted by Crippen LogP contribution is -3.00. The van der Waals surface area contributed by atoms with E-state index in [1.165, 1.54) is 96.6 Å². The van der Waals surface area contributed by atoms with E-state index < -0.39 is 0 Å². The molecular weight excluding hydrogens is 443 g/mol. The van der Waals surface area contributed by atoms with Gasteiger partial charge in [-0.05, 0) is 50.8 Å². The summed E-state index contributed by atoms with van der Waals surface area (Å²) in [5.74, 6) is 0.903. The van der Waals surface area contributed by atoms with Crippen molar-refractivity contribution < 1.29 is 28.5 Å². The number of likely N-dealkylation sites (tertiary alicyclic amines) is 1. The van der Waals surface area contributed by atoms with E-state index >= 15 is 0 Å². The third-order valence-corrected chi connectivity index (χ3v) is 6.79. The van der Waals surface area contributed by atoms with E-state index in [1.807, 2.05) is 0 Å². The molecule has 0 aromatic carbocycles. The molecule has 2 nitrogen and oxygen atoms in total. The number of aromatic nitrogens is 1. The second kappa shape index (κ2) is 12.4. The van der Waals surface area contributed by atoms with E-state index in [0.29, 0.717) is 6.04 Å². The van der Waals surface area contributed by atoms with Crippen molar-refractivity contribution in [2.45, 2.75) is 103 Å². The number of rotatable bonds is 11. The van der Waals surface area contributed by atoms with Crippen LogP contribution in [-0.2, 0) is 13.0 Å². The van der Waals surface area contributed by atoms with Crippen LogP contribution >= 0.6 is 0 Å². The maximum atomic E-state index is 2.59. The van der Waals surface area contributed by atoms with Gasteiger partial charge in [-0.3, -0.25) is 4.90 Å². The van der Waals surface area contributed by atoms with Crippen LogP contribution in [0, 0.1) is 5.92 Å². The molecule has 0 radical (unpaired) electrons. The van der Waals surface area contributed by atoms with Gasteiger partial charge in [-0.2, -0.15) is 0 Å². The van der Waals surface area contributed by atoms with Gasteiger partial charge in [0.2, 0.25) is 0 Å². The molecule has 3 rings (SSSR count). The number of unbranched alkanes of at least 4 members (excludes halogenated alkanes) is 9. The molecule has 0 unspecified atom stereocenters. The number of aryl methyl sites for hydroxylation is 2. The molecule has 1 saturated heterocycles. The fourth-order valence-electron chi connectivity index (χ4n) is 5.16. The normalized spacial score (nSPS) is 21.6. The monoisotopic (exact) mass is 484 g/mol. The Labute approximate surface area is 185 Å². The topological polar surface area (TPSA) is 7.12 Å². The summed E-state index contributed by atoms with van der Waals surface area (Å²) >= 11 is 0. The van der Waals surface area contributed by atoms with Crippen LogP contribution in [0.2, 0.25) is 0 Å². The first-order valence-corrected chi connectivity index (χ1v) is 11.5. The highest BCUT2D eigenvalue weighted by atomic mass is 127. The highest BCUT2D eigenvalue weighted by molar-refractivity contribution is 5.29. The molecule has 1 aliphatic carbocycles. The molecular formula is C24H41IN2.